The number of thioether (sulfide) groups is 1. The number of nitro groups is 1. The average molecular weight is 388 g/mol. The van der Waals surface area contributed by atoms with Crippen LogP contribution in [0.3, 0.4) is 0 Å². The molecule has 0 bridgehead atoms. The molecule has 0 radical (unpaired) electrons. The van der Waals surface area contributed by atoms with Crippen LogP contribution in [0.15, 0.2) is 41.3 Å². The fourth-order valence-corrected chi connectivity index (χ4v) is 3.15. The van der Waals surface area contributed by atoms with Crippen molar-refractivity contribution in [3.8, 4) is 0 Å². The largest absolute Gasteiger partial charge is 0.455 e. The lowest BCUT2D eigenvalue weighted by Gasteiger charge is -2.09. The molecule has 0 heterocycles. The van der Waals surface area contributed by atoms with E-state index in [2.05, 4.69) is 5.32 Å². The Balaban J connectivity index is 1.85. The van der Waals surface area contributed by atoms with E-state index in [-0.39, 0.29) is 11.4 Å². The second-order valence-electron chi connectivity index (χ2n) is 6.02. The number of rotatable bonds is 7. The van der Waals surface area contributed by atoms with Crippen LogP contribution in [0.1, 0.15) is 16.7 Å². The topological polar surface area (TPSA) is 98.5 Å². The van der Waals surface area contributed by atoms with Crippen molar-refractivity contribution >= 4 is 35.0 Å². The zero-order valence-corrected chi connectivity index (χ0v) is 16.1. The number of hydrogen-bond acceptors (Lipinski definition) is 6. The third kappa shape index (κ3) is 6.10. The van der Waals surface area contributed by atoms with E-state index in [4.69, 9.17) is 4.74 Å². The molecule has 27 heavy (non-hydrogen) atoms. The van der Waals surface area contributed by atoms with Gasteiger partial charge in [0, 0.05) is 17.0 Å². The monoisotopic (exact) mass is 388 g/mol. The van der Waals surface area contributed by atoms with Crippen LogP contribution in [0, 0.1) is 30.9 Å². The number of carbonyl (C=O) groups is 2. The van der Waals surface area contributed by atoms with Gasteiger partial charge in [0.1, 0.15) is 0 Å². The van der Waals surface area contributed by atoms with Gasteiger partial charge in [-0.25, -0.2) is 0 Å². The van der Waals surface area contributed by atoms with Crippen molar-refractivity contribution in [2.45, 2.75) is 25.7 Å². The summed E-state index contributed by atoms with van der Waals surface area (Å²) in [5, 5.41) is 13.3. The first kappa shape index (κ1) is 20.4. The molecule has 0 atom stereocenters. The Kier molecular flexibility index (Phi) is 6.95. The molecule has 0 fully saturated rings. The fraction of sp³-hybridized carbons (Fsp3) is 0.263. The number of aryl methyl sites for hydroxylation is 3. The molecule has 0 aliphatic heterocycles. The van der Waals surface area contributed by atoms with Gasteiger partial charge in [-0.1, -0.05) is 23.8 Å². The molecule has 1 N–H and O–H groups in total. The Bertz CT molecular complexity index is 882. The summed E-state index contributed by atoms with van der Waals surface area (Å²) >= 11 is 1.35. The molecule has 1 amide bonds. The van der Waals surface area contributed by atoms with E-state index in [9.17, 15) is 19.7 Å². The molecule has 0 spiro atoms. The number of benzene rings is 2. The summed E-state index contributed by atoms with van der Waals surface area (Å²) in [6.07, 6.45) is 0. The maximum Gasteiger partial charge on any atom is 0.316 e. The van der Waals surface area contributed by atoms with Crippen molar-refractivity contribution in [3.05, 3.63) is 63.2 Å². The summed E-state index contributed by atoms with van der Waals surface area (Å²) in [5.41, 5.74) is 3.03. The molecular weight excluding hydrogens is 368 g/mol. The maximum absolute atomic E-state index is 12.0. The molecule has 2 aromatic rings. The Hall–Kier alpha value is -2.87. The SMILES string of the molecule is Cc1ccc(C)c(SCC(=O)OCC(=O)Nc2cc([N+](=O)[O-])ccc2C)c1. The predicted molar refractivity (Wildman–Crippen MR) is 104 cm³/mol. The van der Waals surface area contributed by atoms with Crippen LogP contribution in [0.25, 0.3) is 0 Å². The highest BCUT2D eigenvalue weighted by Gasteiger charge is 2.13. The Morgan fingerprint density at radius 1 is 1.11 bits per heavy atom. The van der Waals surface area contributed by atoms with Gasteiger partial charge in [0.15, 0.2) is 6.61 Å². The molecule has 2 rings (SSSR count). The quantitative estimate of drug-likeness (QED) is 0.335. The molecule has 0 aromatic heterocycles. The lowest BCUT2D eigenvalue weighted by Crippen LogP contribution is -2.22. The standard InChI is InChI=1S/C19H20N2O5S/c1-12-4-5-14(3)17(8-12)27-11-19(23)26-10-18(22)20-16-9-15(21(24)25)7-6-13(16)2/h4-9H,10-11H2,1-3H3,(H,20,22). The third-order valence-electron chi connectivity index (χ3n) is 3.76. The van der Waals surface area contributed by atoms with Crippen LogP contribution in [0.4, 0.5) is 11.4 Å². The van der Waals surface area contributed by atoms with Crippen molar-refractivity contribution in [2.75, 3.05) is 17.7 Å². The molecule has 0 saturated heterocycles. The van der Waals surface area contributed by atoms with E-state index in [0.29, 0.717) is 11.3 Å². The van der Waals surface area contributed by atoms with Crippen LogP contribution in [0.5, 0.6) is 0 Å². The van der Waals surface area contributed by atoms with Crippen molar-refractivity contribution in [1.29, 1.82) is 0 Å². The number of carbonyl (C=O) groups excluding carboxylic acids is 2. The molecule has 0 saturated carbocycles. The highest BCUT2D eigenvalue weighted by Crippen LogP contribution is 2.24. The minimum atomic E-state index is -0.552. The smallest absolute Gasteiger partial charge is 0.316 e. The first-order valence-corrected chi connectivity index (χ1v) is 9.15. The molecule has 0 aliphatic rings. The first-order chi connectivity index (χ1) is 12.8. The molecule has 2 aromatic carbocycles. The second kappa shape index (κ2) is 9.18. The van der Waals surface area contributed by atoms with Crippen LogP contribution in [0.2, 0.25) is 0 Å². The molecule has 142 valence electrons. The Morgan fingerprint density at radius 3 is 2.52 bits per heavy atom. The summed E-state index contributed by atoms with van der Waals surface area (Å²) in [6.45, 7) is 5.20. The minimum Gasteiger partial charge on any atom is -0.455 e. The van der Waals surface area contributed by atoms with Gasteiger partial charge >= 0.3 is 5.97 Å². The van der Waals surface area contributed by atoms with E-state index in [1.54, 1.807) is 13.0 Å². The van der Waals surface area contributed by atoms with Gasteiger partial charge in [-0.15, -0.1) is 11.8 Å². The highest BCUT2D eigenvalue weighted by molar-refractivity contribution is 8.00. The number of nitrogens with zero attached hydrogens (tertiary/aromatic N) is 1. The maximum atomic E-state index is 12.0. The number of anilines is 1. The summed E-state index contributed by atoms with van der Waals surface area (Å²) in [5.74, 6) is -0.969. The highest BCUT2D eigenvalue weighted by atomic mass is 32.2. The van der Waals surface area contributed by atoms with E-state index < -0.39 is 23.4 Å². The summed E-state index contributed by atoms with van der Waals surface area (Å²) in [4.78, 5) is 35.1. The lowest BCUT2D eigenvalue weighted by atomic mass is 10.2. The van der Waals surface area contributed by atoms with E-state index in [1.165, 1.54) is 23.9 Å². The molecule has 0 aliphatic carbocycles. The van der Waals surface area contributed by atoms with Gasteiger partial charge in [-0.2, -0.15) is 0 Å². The van der Waals surface area contributed by atoms with E-state index >= 15 is 0 Å². The Morgan fingerprint density at radius 2 is 1.81 bits per heavy atom. The van der Waals surface area contributed by atoms with Gasteiger partial charge < -0.3 is 10.1 Å². The van der Waals surface area contributed by atoms with Gasteiger partial charge in [0.05, 0.1) is 16.4 Å². The normalized spacial score (nSPS) is 10.3. The van der Waals surface area contributed by atoms with Crippen LogP contribution in [-0.2, 0) is 14.3 Å². The number of nitrogens with one attached hydrogen (secondary N) is 1. The number of ether oxygens (including phenoxy) is 1. The fourth-order valence-electron chi connectivity index (χ4n) is 2.23. The van der Waals surface area contributed by atoms with Crippen molar-refractivity contribution in [2.24, 2.45) is 0 Å². The van der Waals surface area contributed by atoms with Gasteiger partial charge in [0.2, 0.25) is 0 Å². The first-order valence-electron chi connectivity index (χ1n) is 8.17. The van der Waals surface area contributed by atoms with Crippen LogP contribution < -0.4 is 5.32 Å². The molecule has 0 unspecified atom stereocenters. The van der Waals surface area contributed by atoms with E-state index in [1.807, 2.05) is 32.0 Å². The van der Waals surface area contributed by atoms with Crippen molar-refractivity contribution in [1.82, 2.24) is 0 Å². The van der Waals surface area contributed by atoms with E-state index in [0.717, 1.165) is 16.0 Å². The zero-order chi connectivity index (χ0) is 20.0. The second-order valence-corrected chi connectivity index (χ2v) is 7.04. The number of non-ortho nitro benzene ring substituents is 1. The van der Waals surface area contributed by atoms with Gasteiger partial charge in [-0.05, 0) is 38.0 Å². The van der Waals surface area contributed by atoms with Crippen LogP contribution in [-0.4, -0.2) is 29.2 Å². The summed E-state index contributed by atoms with van der Waals surface area (Å²) in [7, 11) is 0. The summed E-state index contributed by atoms with van der Waals surface area (Å²) in [6, 6.07) is 10.1. The number of esters is 1. The predicted octanol–water partition coefficient (Wildman–Crippen LogP) is 3.79. The van der Waals surface area contributed by atoms with Crippen LogP contribution >= 0.6 is 11.8 Å². The molecule has 8 heteroatoms. The average Bonchev–Trinajstić information content (AvgIpc) is 2.62. The molecule has 7 nitrogen and oxygen atoms in total. The van der Waals surface area contributed by atoms with Gasteiger partial charge in [0.25, 0.3) is 11.6 Å². The van der Waals surface area contributed by atoms with Crippen molar-refractivity contribution in [3.63, 3.8) is 0 Å². The number of nitro benzene ring substituents is 1. The Labute approximate surface area is 161 Å². The lowest BCUT2D eigenvalue weighted by molar-refractivity contribution is -0.384. The minimum absolute atomic E-state index is 0.0907. The van der Waals surface area contributed by atoms with Crippen molar-refractivity contribution < 1.29 is 19.2 Å². The summed E-state index contributed by atoms with van der Waals surface area (Å²) < 4.78 is 4.98. The zero-order valence-electron chi connectivity index (χ0n) is 15.3. The number of hydrogen-bond donors (Lipinski definition) is 1. The third-order valence-corrected chi connectivity index (χ3v) is 4.89. The van der Waals surface area contributed by atoms with Gasteiger partial charge in [-0.3, -0.25) is 19.7 Å². The number of amides is 1. The molecular formula is C19H20N2O5S.